The maximum atomic E-state index is 13.5. The number of nitrogens with zero attached hydrogens (tertiary/aromatic N) is 1. The molecule has 0 atom stereocenters. The second-order valence-electron chi connectivity index (χ2n) is 4.03. The summed E-state index contributed by atoms with van der Waals surface area (Å²) in [6, 6.07) is 8.19. The highest BCUT2D eigenvalue weighted by molar-refractivity contribution is 7.20. The van der Waals surface area contributed by atoms with E-state index in [0.717, 1.165) is 10.4 Å². The van der Waals surface area contributed by atoms with E-state index in [4.69, 9.17) is 0 Å². The van der Waals surface area contributed by atoms with Crippen LogP contribution in [0.4, 0.5) is 4.39 Å². The van der Waals surface area contributed by atoms with Gasteiger partial charge < -0.3 is 5.32 Å². The molecule has 0 saturated heterocycles. The number of nitrogens with one attached hydrogen (secondary N) is 2. The number of carbonyl (C=O) groups excluding carboxylic acids is 1. The number of amides is 1. The lowest BCUT2D eigenvalue weighted by atomic mass is 10.2. The molecule has 3 rings (SSSR count). The fourth-order valence-corrected chi connectivity index (χ4v) is 2.77. The van der Waals surface area contributed by atoms with Gasteiger partial charge in [-0.2, -0.15) is 5.10 Å². The zero-order valence-corrected chi connectivity index (χ0v) is 10.6. The molecule has 2 aromatic heterocycles. The SMILES string of the molecule is O=C(NCc1ccn[nH]1)c1cc2c(F)cccc2s1. The Labute approximate surface area is 112 Å². The zero-order chi connectivity index (χ0) is 13.2. The van der Waals surface area contributed by atoms with Gasteiger partial charge in [-0.3, -0.25) is 9.89 Å². The van der Waals surface area contributed by atoms with Crippen molar-refractivity contribution in [1.29, 1.82) is 0 Å². The van der Waals surface area contributed by atoms with Crippen LogP contribution >= 0.6 is 11.3 Å². The van der Waals surface area contributed by atoms with Crippen molar-refractivity contribution in [3.63, 3.8) is 0 Å². The maximum absolute atomic E-state index is 13.5. The van der Waals surface area contributed by atoms with Crippen molar-refractivity contribution in [3.8, 4) is 0 Å². The predicted molar refractivity (Wildman–Crippen MR) is 71.5 cm³/mol. The number of thiophene rings is 1. The molecule has 0 radical (unpaired) electrons. The average Bonchev–Trinajstić information content (AvgIpc) is 3.05. The number of aromatic nitrogens is 2. The van der Waals surface area contributed by atoms with Crippen molar-refractivity contribution in [3.05, 3.63) is 52.9 Å². The summed E-state index contributed by atoms with van der Waals surface area (Å²) in [5.41, 5.74) is 0.820. The van der Waals surface area contributed by atoms with Crippen LogP contribution in [0.1, 0.15) is 15.4 Å². The van der Waals surface area contributed by atoms with E-state index in [1.807, 2.05) is 0 Å². The molecule has 2 heterocycles. The van der Waals surface area contributed by atoms with Crippen LogP contribution in [0.2, 0.25) is 0 Å². The predicted octanol–water partition coefficient (Wildman–Crippen LogP) is 2.69. The van der Waals surface area contributed by atoms with E-state index in [1.54, 1.807) is 30.5 Å². The summed E-state index contributed by atoms with van der Waals surface area (Å²) >= 11 is 1.28. The van der Waals surface area contributed by atoms with Gasteiger partial charge in [0.1, 0.15) is 5.82 Å². The number of benzene rings is 1. The minimum atomic E-state index is -0.304. The highest BCUT2D eigenvalue weighted by atomic mass is 32.1. The quantitative estimate of drug-likeness (QED) is 0.772. The fourth-order valence-electron chi connectivity index (χ4n) is 1.78. The molecule has 2 N–H and O–H groups in total. The normalized spacial score (nSPS) is 10.8. The zero-order valence-electron chi connectivity index (χ0n) is 9.81. The highest BCUT2D eigenvalue weighted by Crippen LogP contribution is 2.27. The Bertz CT molecular complexity index is 721. The number of carbonyl (C=O) groups is 1. The molecule has 0 aliphatic rings. The molecule has 4 nitrogen and oxygen atoms in total. The standard InChI is InChI=1S/C13H10FN3OS/c14-10-2-1-3-11-9(10)6-12(19-11)13(18)15-7-8-4-5-16-17-8/h1-6H,7H2,(H,15,18)(H,16,17). The second-order valence-corrected chi connectivity index (χ2v) is 5.11. The van der Waals surface area contributed by atoms with E-state index in [9.17, 15) is 9.18 Å². The Kier molecular flexibility index (Phi) is 3.00. The van der Waals surface area contributed by atoms with Gasteiger partial charge in [0, 0.05) is 16.3 Å². The molecule has 6 heteroatoms. The maximum Gasteiger partial charge on any atom is 0.261 e. The first-order chi connectivity index (χ1) is 9.24. The van der Waals surface area contributed by atoms with Crippen LogP contribution in [0.15, 0.2) is 36.5 Å². The van der Waals surface area contributed by atoms with Crippen LogP contribution < -0.4 is 5.32 Å². The second kappa shape index (κ2) is 4.81. The first-order valence-electron chi connectivity index (χ1n) is 5.68. The molecule has 0 spiro atoms. The average molecular weight is 275 g/mol. The summed E-state index contributed by atoms with van der Waals surface area (Å²) in [6.45, 7) is 0.371. The van der Waals surface area contributed by atoms with E-state index < -0.39 is 0 Å². The molecule has 19 heavy (non-hydrogen) atoms. The number of aromatic amines is 1. The summed E-state index contributed by atoms with van der Waals surface area (Å²) in [6.07, 6.45) is 1.62. The fraction of sp³-hybridized carbons (Fsp3) is 0.0769. The lowest BCUT2D eigenvalue weighted by Crippen LogP contribution is -2.21. The van der Waals surface area contributed by atoms with E-state index in [0.29, 0.717) is 16.8 Å². The third-order valence-electron chi connectivity index (χ3n) is 2.73. The van der Waals surface area contributed by atoms with Gasteiger partial charge in [0.2, 0.25) is 0 Å². The van der Waals surface area contributed by atoms with Crippen molar-refractivity contribution in [2.75, 3.05) is 0 Å². The van der Waals surface area contributed by atoms with Crippen LogP contribution in [0.25, 0.3) is 10.1 Å². The summed E-state index contributed by atoms with van der Waals surface area (Å²) in [7, 11) is 0. The molecule has 0 unspecified atom stereocenters. The van der Waals surface area contributed by atoms with Crippen LogP contribution in [-0.4, -0.2) is 16.1 Å². The van der Waals surface area contributed by atoms with Crippen LogP contribution in [-0.2, 0) is 6.54 Å². The minimum absolute atomic E-state index is 0.213. The Morgan fingerprint density at radius 2 is 2.32 bits per heavy atom. The van der Waals surface area contributed by atoms with Crippen LogP contribution in [0, 0.1) is 5.82 Å². The summed E-state index contributed by atoms with van der Waals surface area (Å²) in [4.78, 5) is 12.5. The number of H-pyrrole nitrogens is 1. The smallest absolute Gasteiger partial charge is 0.261 e. The molecular formula is C13H10FN3OS. The Morgan fingerprint density at radius 1 is 1.42 bits per heavy atom. The van der Waals surface area contributed by atoms with Gasteiger partial charge in [-0.05, 0) is 24.3 Å². The Hall–Kier alpha value is -2.21. The van der Waals surface area contributed by atoms with Gasteiger partial charge >= 0.3 is 0 Å². The third-order valence-corrected chi connectivity index (χ3v) is 3.83. The Morgan fingerprint density at radius 3 is 3.05 bits per heavy atom. The highest BCUT2D eigenvalue weighted by Gasteiger charge is 2.12. The first kappa shape index (κ1) is 11.9. The van der Waals surface area contributed by atoms with E-state index in [-0.39, 0.29) is 11.7 Å². The topological polar surface area (TPSA) is 57.8 Å². The molecule has 0 saturated carbocycles. The number of rotatable bonds is 3. The molecule has 3 aromatic rings. The van der Waals surface area contributed by atoms with Crippen molar-refractivity contribution in [2.45, 2.75) is 6.54 Å². The lowest BCUT2D eigenvalue weighted by molar-refractivity contribution is 0.0954. The van der Waals surface area contributed by atoms with Gasteiger partial charge in [0.15, 0.2) is 0 Å². The van der Waals surface area contributed by atoms with E-state index in [1.165, 1.54) is 17.4 Å². The lowest BCUT2D eigenvalue weighted by Gasteiger charge is -2.00. The monoisotopic (exact) mass is 275 g/mol. The molecule has 0 aliphatic heterocycles. The van der Waals surface area contributed by atoms with E-state index in [2.05, 4.69) is 15.5 Å². The minimum Gasteiger partial charge on any atom is -0.346 e. The molecule has 0 fully saturated rings. The molecule has 0 aliphatic carbocycles. The van der Waals surface area contributed by atoms with Crippen molar-refractivity contribution in [1.82, 2.24) is 15.5 Å². The van der Waals surface area contributed by atoms with Gasteiger partial charge in [0.05, 0.1) is 17.1 Å². The molecular weight excluding hydrogens is 265 g/mol. The number of halogens is 1. The largest absolute Gasteiger partial charge is 0.346 e. The number of hydrogen-bond donors (Lipinski definition) is 2. The Balaban J connectivity index is 1.80. The molecule has 0 bridgehead atoms. The van der Waals surface area contributed by atoms with Gasteiger partial charge in [0.25, 0.3) is 5.91 Å². The summed E-state index contributed by atoms with van der Waals surface area (Å²) in [5, 5.41) is 9.80. The van der Waals surface area contributed by atoms with E-state index >= 15 is 0 Å². The van der Waals surface area contributed by atoms with Gasteiger partial charge in [-0.25, -0.2) is 4.39 Å². The van der Waals surface area contributed by atoms with Crippen molar-refractivity contribution < 1.29 is 9.18 Å². The van der Waals surface area contributed by atoms with Crippen molar-refractivity contribution in [2.24, 2.45) is 0 Å². The van der Waals surface area contributed by atoms with Crippen LogP contribution in [0.3, 0.4) is 0 Å². The third kappa shape index (κ3) is 2.34. The summed E-state index contributed by atoms with van der Waals surface area (Å²) in [5.74, 6) is -0.517. The number of hydrogen-bond acceptors (Lipinski definition) is 3. The number of fused-ring (bicyclic) bond motifs is 1. The van der Waals surface area contributed by atoms with Gasteiger partial charge in [-0.1, -0.05) is 6.07 Å². The van der Waals surface area contributed by atoms with Gasteiger partial charge in [-0.15, -0.1) is 11.3 Å². The molecule has 96 valence electrons. The van der Waals surface area contributed by atoms with Crippen molar-refractivity contribution >= 4 is 27.3 Å². The molecule has 1 amide bonds. The summed E-state index contributed by atoms with van der Waals surface area (Å²) < 4.78 is 14.3. The first-order valence-corrected chi connectivity index (χ1v) is 6.50. The van der Waals surface area contributed by atoms with Crippen LogP contribution in [0.5, 0.6) is 0 Å². The molecule has 1 aromatic carbocycles.